The Labute approximate surface area is 188 Å². The molecule has 0 aliphatic heterocycles. The summed E-state index contributed by atoms with van der Waals surface area (Å²) >= 11 is 0. The van der Waals surface area contributed by atoms with Crippen LogP contribution < -0.4 is 0 Å². The maximum Gasteiger partial charge on any atom is 0.137 e. The topological polar surface area (TPSA) is 57.4 Å². The number of nitrogens with zero attached hydrogens (tertiary/aromatic N) is 2. The van der Waals surface area contributed by atoms with Crippen LogP contribution in [0.4, 0.5) is 0 Å². The van der Waals surface area contributed by atoms with Crippen LogP contribution in [-0.2, 0) is 0 Å². The number of hydrogen-bond donors (Lipinski definition) is 2. The molecule has 0 saturated heterocycles. The molecule has 2 N–H and O–H groups in total. The van der Waals surface area contributed by atoms with Crippen LogP contribution in [0.2, 0.25) is 0 Å². The zero-order valence-electron chi connectivity index (χ0n) is 18.8. The van der Waals surface area contributed by atoms with Crippen LogP contribution in [0.1, 0.15) is 22.3 Å². The lowest BCUT2D eigenvalue weighted by Gasteiger charge is -2.05. The number of aromatic amines is 2. The van der Waals surface area contributed by atoms with E-state index in [1.807, 2.05) is 12.4 Å². The maximum atomic E-state index is 4.61. The van der Waals surface area contributed by atoms with Crippen LogP contribution in [0.15, 0.2) is 73.1 Å². The standard InChI is InChI=1S/C28H26N4/c1-17-5-11-23(19(3)13-17)25-15-29-27(31-25)21-7-9-22(10-8-21)28-30-16-26(32-28)24-12-6-18(2)14-20(24)4/h5-16H,1-4H3,(H,29,31)(H,30,32). The first kappa shape index (κ1) is 20.0. The molecule has 3 aromatic carbocycles. The van der Waals surface area contributed by atoms with Gasteiger partial charge in [0.1, 0.15) is 11.6 Å². The van der Waals surface area contributed by atoms with Crippen molar-refractivity contribution in [2.24, 2.45) is 0 Å². The first-order valence-electron chi connectivity index (χ1n) is 10.8. The van der Waals surface area contributed by atoms with Gasteiger partial charge in [-0.2, -0.15) is 0 Å². The fourth-order valence-corrected chi connectivity index (χ4v) is 4.23. The van der Waals surface area contributed by atoms with Gasteiger partial charge in [0.25, 0.3) is 0 Å². The van der Waals surface area contributed by atoms with Crippen LogP contribution in [0.3, 0.4) is 0 Å². The van der Waals surface area contributed by atoms with Gasteiger partial charge in [0.2, 0.25) is 0 Å². The van der Waals surface area contributed by atoms with Crippen molar-refractivity contribution in [2.75, 3.05) is 0 Å². The summed E-state index contributed by atoms with van der Waals surface area (Å²) in [4.78, 5) is 16.2. The van der Waals surface area contributed by atoms with Crippen LogP contribution in [-0.4, -0.2) is 19.9 Å². The Morgan fingerprint density at radius 1 is 0.531 bits per heavy atom. The van der Waals surface area contributed by atoms with E-state index in [4.69, 9.17) is 0 Å². The van der Waals surface area contributed by atoms with E-state index in [-0.39, 0.29) is 0 Å². The van der Waals surface area contributed by atoms with Crippen LogP contribution in [0, 0.1) is 27.7 Å². The first-order valence-corrected chi connectivity index (χ1v) is 10.8. The summed E-state index contributed by atoms with van der Waals surface area (Å²) in [7, 11) is 0. The maximum absolute atomic E-state index is 4.61. The predicted molar refractivity (Wildman–Crippen MR) is 131 cm³/mol. The van der Waals surface area contributed by atoms with Crippen molar-refractivity contribution in [3.05, 3.63) is 95.3 Å². The van der Waals surface area contributed by atoms with Crippen molar-refractivity contribution in [1.29, 1.82) is 0 Å². The molecule has 0 amide bonds. The molecule has 0 aliphatic carbocycles. The van der Waals surface area contributed by atoms with E-state index in [1.54, 1.807) is 0 Å². The molecule has 4 heteroatoms. The molecular formula is C28H26N4. The van der Waals surface area contributed by atoms with Gasteiger partial charge in [0.15, 0.2) is 0 Å². The molecule has 0 saturated carbocycles. The van der Waals surface area contributed by atoms with E-state index in [9.17, 15) is 0 Å². The van der Waals surface area contributed by atoms with Gasteiger partial charge in [-0.25, -0.2) is 9.97 Å². The molecule has 158 valence electrons. The summed E-state index contributed by atoms with van der Waals surface area (Å²) < 4.78 is 0. The molecule has 0 fully saturated rings. The molecular weight excluding hydrogens is 392 g/mol. The molecule has 2 aromatic heterocycles. The second kappa shape index (κ2) is 7.97. The Kier molecular flexibility index (Phi) is 4.98. The van der Waals surface area contributed by atoms with Crippen molar-refractivity contribution in [1.82, 2.24) is 19.9 Å². The number of hydrogen-bond acceptors (Lipinski definition) is 2. The highest BCUT2D eigenvalue weighted by Gasteiger charge is 2.10. The second-order valence-electron chi connectivity index (χ2n) is 8.51. The molecule has 0 unspecified atom stereocenters. The highest BCUT2D eigenvalue weighted by molar-refractivity contribution is 5.71. The number of rotatable bonds is 4. The highest BCUT2D eigenvalue weighted by Crippen LogP contribution is 2.28. The van der Waals surface area contributed by atoms with Gasteiger partial charge in [0, 0.05) is 22.3 Å². The van der Waals surface area contributed by atoms with Gasteiger partial charge >= 0.3 is 0 Å². The summed E-state index contributed by atoms with van der Waals surface area (Å²) in [6, 6.07) is 21.3. The average molecular weight is 419 g/mol. The SMILES string of the molecule is Cc1ccc(-c2cnc(-c3ccc(-c4ncc(-c5ccc(C)cc5C)[nH]4)cc3)[nH]2)c(C)c1. The van der Waals surface area contributed by atoms with Crippen molar-refractivity contribution in [3.8, 4) is 45.3 Å². The molecule has 0 spiro atoms. The Hall–Kier alpha value is -3.92. The largest absolute Gasteiger partial charge is 0.338 e. The lowest BCUT2D eigenvalue weighted by atomic mass is 10.0. The zero-order valence-corrected chi connectivity index (χ0v) is 18.8. The van der Waals surface area contributed by atoms with E-state index in [2.05, 4.69) is 108 Å². The minimum atomic E-state index is 0.863. The molecule has 32 heavy (non-hydrogen) atoms. The van der Waals surface area contributed by atoms with Crippen molar-refractivity contribution < 1.29 is 0 Å². The van der Waals surface area contributed by atoms with Crippen LogP contribution >= 0.6 is 0 Å². The third kappa shape index (κ3) is 3.76. The molecule has 5 aromatic rings. The molecule has 0 bridgehead atoms. The summed E-state index contributed by atoms with van der Waals surface area (Å²) in [5.74, 6) is 1.73. The monoisotopic (exact) mass is 418 g/mol. The average Bonchev–Trinajstić information content (AvgIpc) is 3.44. The molecule has 0 aliphatic rings. The smallest absolute Gasteiger partial charge is 0.137 e. The third-order valence-electron chi connectivity index (χ3n) is 5.93. The Morgan fingerprint density at radius 2 is 0.938 bits per heavy atom. The fourth-order valence-electron chi connectivity index (χ4n) is 4.23. The number of aryl methyl sites for hydroxylation is 4. The molecule has 0 radical (unpaired) electrons. The van der Waals surface area contributed by atoms with Crippen molar-refractivity contribution in [2.45, 2.75) is 27.7 Å². The number of aromatic nitrogens is 4. The summed E-state index contributed by atoms with van der Waals surface area (Å²) in [5.41, 5.74) is 11.5. The Morgan fingerprint density at radius 3 is 1.31 bits per heavy atom. The van der Waals surface area contributed by atoms with Gasteiger partial charge in [-0.05, 0) is 38.8 Å². The fraction of sp³-hybridized carbons (Fsp3) is 0.143. The van der Waals surface area contributed by atoms with E-state index in [0.717, 1.165) is 34.2 Å². The van der Waals surface area contributed by atoms with Gasteiger partial charge in [-0.3, -0.25) is 0 Å². The molecule has 0 atom stereocenters. The normalized spacial score (nSPS) is 11.1. The predicted octanol–water partition coefficient (Wildman–Crippen LogP) is 7.03. The number of benzene rings is 3. The number of imidazole rings is 2. The van der Waals surface area contributed by atoms with Gasteiger partial charge in [-0.15, -0.1) is 0 Å². The second-order valence-corrected chi connectivity index (χ2v) is 8.51. The molecule has 5 rings (SSSR count). The zero-order chi connectivity index (χ0) is 22.2. The summed E-state index contributed by atoms with van der Waals surface area (Å²) in [6.07, 6.45) is 3.81. The Balaban J connectivity index is 1.39. The molecule has 4 nitrogen and oxygen atoms in total. The van der Waals surface area contributed by atoms with E-state index in [0.29, 0.717) is 0 Å². The lowest BCUT2D eigenvalue weighted by Crippen LogP contribution is -1.87. The Bertz CT molecular complexity index is 1300. The first-order chi connectivity index (χ1) is 15.5. The van der Waals surface area contributed by atoms with Gasteiger partial charge < -0.3 is 9.97 Å². The lowest BCUT2D eigenvalue weighted by molar-refractivity contribution is 1.29. The van der Waals surface area contributed by atoms with Gasteiger partial charge in [0.05, 0.1) is 23.8 Å². The van der Waals surface area contributed by atoms with Crippen molar-refractivity contribution >= 4 is 0 Å². The van der Waals surface area contributed by atoms with Gasteiger partial charge in [-0.1, -0.05) is 71.8 Å². The van der Waals surface area contributed by atoms with E-state index in [1.165, 1.54) is 33.4 Å². The minimum absolute atomic E-state index is 0.863. The van der Waals surface area contributed by atoms with Crippen molar-refractivity contribution in [3.63, 3.8) is 0 Å². The van der Waals surface area contributed by atoms with E-state index >= 15 is 0 Å². The minimum Gasteiger partial charge on any atom is -0.338 e. The van der Waals surface area contributed by atoms with Crippen LogP contribution in [0.25, 0.3) is 45.3 Å². The summed E-state index contributed by atoms with van der Waals surface area (Å²) in [6.45, 7) is 8.49. The van der Waals surface area contributed by atoms with E-state index < -0.39 is 0 Å². The highest BCUT2D eigenvalue weighted by atomic mass is 14.9. The number of nitrogens with one attached hydrogen (secondary N) is 2. The third-order valence-corrected chi connectivity index (χ3v) is 5.93. The quantitative estimate of drug-likeness (QED) is 0.329. The summed E-state index contributed by atoms with van der Waals surface area (Å²) in [5, 5.41) is 0. The molecule has 2 heterocycles. The number of H-pyrrole nitrogens is 2. The van der Waals surface area contributed by atoms with Crippen LogP contribution in [0.5, 0.6) is 0 Å².